The van der Waals surface area contributed by atoms with Crippen molar-refractivity contribution in [2.45, 2.75) is 18.8 Å². The molecular weight excluding hydrogens is 190 g/mol. The first-order chi connectivity index (χ1) is 5.94. The van der Waals surface area contributed by atoms with Crippen molar-refractivity contribution in [3.05, 3.63) is 45.5 Å². The second-order valence-corrected chi connectivity index (χ2v) is 3.81. The van der Waals surface area contributed by atoms with E-state index in [4.69, 9.17) is 11.6 Å². The van der Waals surface area contributed by atoms with Gasteiger partial charge in [0.2, 0.25) is 0 Å². The van der Waals surface area contributed by atoms with Gasteiger partial charge in [-0.05, 0) is 18.5 Å². The SMILES string of the molecule is Cc1ccc(C(C)(Cl)[N+](=O)[O-])cc1. The van der Waals surface area contributed by atoms with Gasteiger partial charge in [-0.15, -0.1) is 0 Å². The molecule has 1 unspecified atom stereocenters. The predicted molar refractivity (Wildman–Crippen MR) is 51.4 cm³/mol. The fraction of sp³-hybridized carbons (Fsp3) is 0.333. The van der Waals surface area contributed by atoms with Crippen molar-refractivity contribution in [3.8, 4) is 0 Å². The van der Waals surface area contributed by atoms with E-state index in [-0.39, 0.29) is 0 Å². The van der Waals surface area contributed by atoms with Crippen LogP contribution in [0.3, 0.4) is 0 Å². The van der Waals surface area contributed by atoms with Gasteiger partial charge in [0, 0.05) is 17.4 Å². The van der Waals surface area contributed by atoms with Gasteiger partial charge < -0.3 is 0 Å². The van der Waals surface area contributed by atoms with E-state index in [1.807, 2.05) is 6.92 Å². The van der Waals surface area contributed by atoms with Gasteiger partial charge in [0.25, 0.3) is 0 Å². The van der Waals surface area contributed by atoms with Gasteiger partial charge in [-0.25, -0.2) is 0 Å². The standard InChI is InChI=1S/C9H10ClNO2/c1-7-3-5-8(6-4-7)9(2,10)11(12)13/h3-6H,1-2H3. The zero-order valence-corrected chi connectivity index (χ0v) is 8.21. The average molecular weight is 200 g/mol. The van der Waals surface area contributed by atoms with Crippen LogP contribution in [0, 0.1) is 17.0 Å². The van der Waals surface area contributed by atoms with Crippen molar-refractivity contribution in [3.63, 3.8) is 0 Å². The molecule has 0 saturated heterocycles. The Morgan fingerprint density at radius 2 is 1.85 bits per heavy atom. The molecule has 13 heavy (non-hydrogen) atoms. The van der Waals surface area contributed by atoms with E-state index >= 15 is 0 Å². The number of rotatable bonds is 2. The van der Waals surface area contributed by atoms with Crippen LogP contribution < -0.4 is 0 Å². The van der Waals surface area contributed by atoms with Crippen LogP contribution in [0.25, 0.3) is 0 Å². The molecule has 3 nitrogen and oxygen atoms in total. The number of benzene rings is 1. The van der Waals surface area contributed by atoms with Gasteiger partial charge in [0.15, 0.2) is 0 Å². The Hall–Kier alpha value is -1.09. The lowest BCUT2D eigenvalue weighted by molar-refractivity contribution is -0.545. The van der Waals surface area contributed by atoms with Gasteiger partial charge in [-0.3, -0.25) is 10.1 Å². The maximum atomic E-state index is 10.6. The third kappa shape index (κ3) is 1.98. The number of halogens is 1. The lowest BCUT2D eigenvalue weighted by Gasteiger charge is -2.12. The molecule has 0 fully saturated rings. The number of nitrogens with zero attached hydrogens (tertiary/aromatic N) is 1. The monoisotopic (exact) mass is 199 g/mol. The summed E-state index contributed by atoms with van der Waals surface area (Å²) in [5.41, 5.74) is 1.56. The highest BCUT2D eigenvalue weighted by atomic mass is 35.5. The average Bonchev–Trinajstić information content (AvgIpc) is 2.04. The van der Waals surface area contributed by atoms with Crippen LogP contribution in [0.1, 0.15) is 18.1 Å². The van der Waals surface area contributed by atoms with Crippen molar-refractivity contribution >= 4 is 11.6 Å². The molecule has 0 aliphatic rings. The molecule has 0 amide bonds. The van der Waals surface area contributed by atoms with Crippen molar-refractivity contribution in [2.75, 3.05) is 0 Å². The molecule has 0 N–H and O–H groups in total. The number of nitro groups is 1. The summed E-state index contributed by atoms with van der Waals surface area (Å²) in [5.74, 6) is 0. The fourth-order valence-corrected chi connectivity index (χ4v) is 1.09. The molecule has 1 atom stereocenters. The molecule has 4 heteroatoms. The third-order valence-corrected chi connectivity index (χ3v) is 2.28. The van der Waals surface area contributed by atoms with Gasteiger partial charge in [0.1, 0.15) is 0 Å². The number of alkyl halides is 1. The molecule has 0 saturated carbocycles. The minimum atomic E-state index is -1.52. The number of hydrogen-bond donors (Lipinski definition) is 0. The van der Waals surface area contributed by atoms with Gasteiger partial charge in [0.05, 0.1) is 0 Å². The van der Waals surface area contributed by atoms with Gasteiger partial charge in [-0.1, -0.05) is 29.8 Å². The smallest absolute Gasteiger partial charge is 0.262 e. The van der Waals surface area contributed by atoms with E-state index in [1.54, 1.807) is 24.3 Å². The van der Waals surface area contributed by atoms with E-state index in [1.165, 1.54) is 6.92 Å². The van der Waals surface area contributed by atoms with Gasteiger partial charge in [-0.2, -0.15) is 0 Å². The largest absolute Gasteiger partial charge is 0.317 e. The van der Waals surface area contributed by atoms with E-state index in [0.717, 1.165) is 5.56 Å². The summed E-state index contributed by atoms with van der Waals surface area (Å²) in [6.07, 6.45) is 0. The van der Waals surface area contributed by atoms with Crippen molar-refractivity contribution < 1.29 is 4.92 Å². The van der Waals surface area contributed by atoms with Crippen LogP contribution in [0.2, 0.25) is 0 Å². The second kappa shape index (κ2) is 3.34. The van der Waals surface area contributed by atoms with Crippen LogP contribution in [-0.2, 0) is 5.00 Å². The zero-order chi connectivity index (χ0) is 10.1. The van der Waals surface area contributed by atoms with Gasteiger partial charge >= 0.3 is 5.00 Å². The quantitative estimate of drug-likeness (QED) is 0.318. The Morgan fingerprint density at radius 3 is 2.23 bits per heavy atom. The van der Waals surface area contributed by atoms with Crippen molar-refractivity contribution in [1.29, 1.82) is 0 Å². The lowest BCUT2D eigenvalue weighted by atomic mass is 10.1. The molecule has 0 bridgehead atoms. The van der Waals surface area contributed by atoms with Crippen LogP contribution >= 0.6 is 11.6 Å². The first-order valence-electron chi connectivity index (χ1n) is 3.85. The summed E-state index contributed by atoms with van der Waals surface area (Å²) >= 11 is 5.75. The van der Waals surface area contributed by atoms with E-state index in [2.05, 4.69) is 0 Å². The molecular formula is C9H10ClNO2. The normalized spacial score (nSPS) is 15.0. The highest BCUT2D eigenvalue weighted by molar-refractivity contribution is 6.22. The maximum absolute atomic E-state index is 10.6. The van der Waals surface area contributed by atoms with Crippen LogP contribution in [-0.4, -0.2) is 4.92 Å². The fourth-order valence-electron chi connectivity index (χ4n) is 0.963. The van der Waals surface area contributed by atoms with Crippen molar-refractivity contribution in [1.82, 2.24) is 0 Å². The van der Waals surface area contributed by atoms with E-state index < -0.39 is 9.92 Å². The Bertz CT molecular complexity index is 319. The number of hydrogen-bond acceptors (Lipinski definition) is 2. The van der Waals surface area contributed by atoms with E-state index in [0.29, 0.717) is 5.56 Å². The van der Waals surface area contributed by atoms with Crippen LogP contribution in [0.4, 0.5) is 0 Å². The summed E-state index contributed by atoms with van der Waals surface area (Å²) in [7, 11) is 0. The molecule has 1 aromatic rings. The van der Waals surface area contributed by atoms with Crippen LogP contribution in [0.15, 0.2) is 24.3 Å². The Morgan fingerprint density at radius 1 is 1.38 bits per heavy atom. The highest BCUT2D eigenvalue weighted by Crippen LogP contribution is 2.28. The minimum Gasteiger partial charge on any atom is -0.262 e. The molecule has 0 spiro atoms. The topological polar surface area (TPSA) is 43.1 Å². The molecule has 0 aromatic heterocycles. The molecule has 70 valence electrons. The summed E-state index contributed by atoms with van der Waals surface area (Å²) < 4.78 is 0. The summed E-state index contributed by atoms with van der Waals surface area (Å²) in [6.45, 7) is 3.29. The molecule has 0 aliphatic heterocycles. The second-order valence-electron chi connectivity index (χ2n) is 3.08. The molecule has 1 aromatic carbocycles. The van der Waals surface area contributed by atoms with Crippen molar-refractivity contribution in [2.24, 2.45) is 0 Å². The molecule has 0 aliphatic carbocycles. The first-order valence-corrected chi connectivity index (χ1v) is 4.23. The maximum Gasteiger partial charge on any atom is 0.317 e. The van der Waals surface area contributed by atoms with Crippen LogP contribution in [0.5, 0.6) is 0 Å². The molecule has 0 heterocycles. The summed E-state index contributed by atoms with van der Waals surface area (Å²) in [6, 6.07) is 6.95. The minimum absolute atomic E-state index is 0.501. The molecule has 1 rings (SSSR count). The third-order valence-electron chi connectivity index (χ3n) is 1.92. The predicted octanol–water partition coefficient (Wildman–Crippen LogP) is 2.68. The zero-order valence-electron chi connectivity index (χ0n) is 7.45. The van der Waals surface area contributed by atoms with E-state index in [9.17, 15) is 10.1 Å². The first kappa shape index (κ1) is 9.99. The Kier molecular flexibility index (Phi) is 2.57. The Labute approximate surface area is 81.5 Å². The summed E-state index contributed by atoms with van der Waals surface area (Å²) in [5, 5.41) is 10.6. The summed E-state index contributed by atoms with van der Waals surface area (Å²) in [4.78, 5) is 8.56. The highest BCUT2D eigenvalue weighted by Gasteiger charge is 2.36. The Balaban J connectivity index is 3.08. The lowest BCUT2D eigenvalue weighted by Crippen LogP contribution is -2.24. The number of aryl methyl sites for hydroxylation is 1. The molecule has 0 radical (unpaired) electrons.